The summed E-state index contributed by atoms with van der Waals surface area (Å²) in [4.78, 5) is 31.8. The highest BCUT2D eigenvalue weighted by Crippen LogP contribution is 2.31. The molecule has 1 aliphatic heterocycles. The fourth-order valence-corrected chi connectivity index (χ4v) is 5.30. The average molecular weight is 444 g/mol. The number of hydrogen-bond acceptors (Lipinski definition) is 3. The third kappa shape index (κ3) is 3.94. The molecule has 2 amide bonds. The van der Waals surface area contributed by atoms with Crippen molar-refractivity contribution in [3.05, 3.63) is 94.3 Å². The number of thiophene rings is 1. The molecule has 6 heteroatoms. The van der Waals surface area contributed by atoms with Gasteiger partial charge in [-0.25, -0.2) is 0 Å². The van der Waals surface area contributed by atoms with E-state index in [2.05, 4.69) is 34.6 Å². The van der Waals surface area contributed by atoms with Crippen molar-refractivity contribution in [3.63, 3.8) is 0 Å². The van der Waals surface area contributed by atoms with Gasteiger partial charge in [0.25, 0.3) is 5.91 Å². The summed E-state index contributed by atoms with van der Waals surface area (Å²) in [5.41, 5.74) is 3.39. The van der Waals surface area contributed by atoms with Gasteiger partial charge in [-0.1, -0.05) is 54.6 Å². The number of nitrogens with one attached hydrogen (secondary N) is 2. The Hall–Kier alpha value is -3.38. The van der Waals surface area contributed by atoms with E-state index >= 15 is 0 Å². The van der Waals surface area contributed by atoms with Gasteiger partial charge in [0.05, 0.1) is 4.88 Å². The molecule has 0 unspecified atom stereocenters. The first kappa shape index (κ1) is 20.5. The molecule has 1 saturated heterocycles. The van der Waals surface area contributed by atoms with Crippen molar-refractivity contribution in [2.45, 2.75) is 24.8 Å². The van der Waals surface area contributed by atoms with Crippen LogP contribution in [0.25, 0.3) is 10.9 Å². The molecule has 2 aromatic heterocycles. The van der Waals surface area contributed by atoms with Crippen LogP contribution in [0.2, 0.25) is 0 Å². The van der Waals surface area contributed by atoms with Gasteiger partial charge in [0.1, 0.15) is 6.04 Å². The number of amides is 2. The fourth-order valence-electron chi connectivity index (χ4n) is 4.62. The molecule has 0 bridgehead atoms. The van der Waals surface area contributed by atoms with Crippen molar-refractivity contribution >= 4 is 34.1 Å². The molecule has 0 aliphatic carbocycles. The summed E-state index contributed by atoms with van der Waals surface area (Å²) in [5, 5.41) is 6.21. The zero-order chi connectivity index (χ0) is 21.9. The molecule has 5 nitrogen and oxygen atoms in total. The van der Waals surface area contributed by atoms with Gasteiger partial charge < -0.3 is 15.2 Å². The summed E-state index contributed by atoms with van der Waals surface area (Å²) in [7, 11) is 0. The van der Waals surface area contributed by atoms with Gasteiger partial charge in [-0.3, -0.25) is 9.59 Å². The molecule has 2 atom stereocenters. The zero-order valence-electron chi connectivity index (χ0n) is 17.7. The van der Waals surface area contributed by atoms with Crippen molar-refractivity contribution < 1.29 is 9.59 Å². The number of nitrogens with zero attached hydrogens (tertiary/aromatic N) is 1. The lowest BCUT2D eigenvalue weighted by molar-refractivity contribution is -0.124. The Kier molecular flexibility index (Phi) is 5.77. The van der Waals surface area contributed by atoms with Crippen LogP contribution in [-0.4, -0.2) is 40.8 Å². The second kappa shape index (κ2) is 9.01. The molecule has 1 aliphatic rings. The molecule has 162 valence electrons. The highest BCUT2D eigenvalue weighted by Gasteiger charge is 2.35. The Morgan fingerprint density at radius 2 is 1.88 bits per heavy atom. The summed E-state index contributed by atoms with van der Waals surface area (Å²) in [5.74, 6) is -0.110. The van der Waals surface area contributed by atoms with Crippen LogP contribution >= 0.6 is 11.3 Å². The molecule has 3 heterocycles. The van der Waals surface area contributed by atoms with Gasteiger partial charge in [-0.2, -0.15) is 0 Å². The summed E-state index contributed by atoms with van der Waals surface area (Å²) < 4.78 is 0. The molecular weight excluding hydrogens is 418 g/mol. The van der Waals surface area contributed by atoms with E-state index in [1.165, 1.54) is 11.3 Å². The SMILES string of the molecule is O=C(NC[C@H](c1ccccc1)c1c[nH]c2ccccc12)[C@H]1CCCN1C(=O)c1cccs1. The smallest absolute Gasteiger partial charge is 0.264 e. The standard InChI is InChI=1S/C26H25N3O2S/c30-25(23-12-6-14-29(23)26(31)24-13-7-15-32-24)28-16-20(18-8-2-1-3-9-18)21-17-27-22-11-5-4-10-19(21)22/h1-5,7-11,13,15,17,20,23,27H,6,12,14,16H2,(H,28,30)/t20-,23-/m1/s1. The van der Waals surface area contributed by atoms with E-state index in [0.29, 0.717) is 24.4 Å². The number of carbonyl (C=O) groups excluding carboxylic acids is 2. The largest absolute Gasteiger partial charge is 0.361 e. The van der Waals surface area contributed by atoms with Gasteiger partial charge in [-0.15, -0.1) is 11.3 Å². The number of benzene rings is 2. The van der Waals surface area contributed by atoms with Crippen molar-refractivity contribution in [1.82, 2.24) is 15.2 Å². The Balaban J connectivity index is 1.36. The highest BCUT2D eigenvalue weighted by molar-refractivity contribution is 7.12. The Bertz CT molecular complexity index is 1220. The lowest BCUT2D eigenvalue weighted by Crippen LogP contribution is -2.46. The monoisotopic (exact) mass is 443 g/mol. The molecule has 32 heavy (non-hydrogen) atoms. The van der Waals surface area contributed by atoms with E-state index < -0.39 is 6.04 Å². The molecule has 4 aromatic rings. The van der Waals surface area contributed by atoms with E-state index in [1.54, 1.807) is 4.90 Å². The third-order valence-electron chi connectivity index (χ3n) is 6.23. The number of rotatable bonds is 6. The molecule has 2 aromatic carbocycles. The van der Waals surface area contributed by atoms with Crippen molar-refractivity contribution in [3.8, 4) is 0 Å². The van der Waals surface area contributed by atoms with Crippen molar-refractivity contribution in [2.75, 3.05) is 13.1 Å². The van der Waals surface area contributed by atoms with E-state index in [0.717, 1.165) is 28.5 Å². The minimum Gasteiger partial charge on any atom is -0.361 e. The number of para-hydroxylation sites is 1. The molecule has 2 N–H and O–H groups in total. The second-order valence-corrected chi connectivity index (χ2v) is 9.08. The summed E-state index contributed by atoms with van der Waals surface area (Å²) in [6.07, 6.45) is 3.59. The van der Waals surface area contributed by atoms with Gasteiger partial charge >= 0.3 is 0 Å². The van der Waals surface area contributed by atoms with Crippen LogP contribution in [0.3, 0.4) is 0 Å². The van der Waals surface area contributed by atoms with Crippen LogP contribution < -0.4 is 5.32 Å². The average Bonchev–Trinajstić information content (AvgIpc) is 3.60. The quantitative estimate of drug-likeness (QED) is 0.450. The first-order chi connectivity index (χ1) is 15.7. The van der Waals surface area contributed by atoms with Crippen LogP contribution in [0.15, 0.2) is 78.3 Å². The minimum absolute atomic E-state index is 0.0131. The predicted octanol–water partition coefficient (Wildman–Crippen LogP) is 4.78. The van der Waals surface area contributed by atoms with Gasteiger partial charge in [0.2, 0.25) is 5.91 Å². The minimum atomic E-state index is -0.413. The number of carbonyl (C=O) groups is 2. The number of aromatic nitrogens is 1. The van der Waals surface area contributed by atoms with Gasteiger partial charge in [0, 0.05) is 36.1 Å². The second-order valence-electron chi connectivity index (χ2n) is 8.13. The first-order valence-electron chi connectivity index (χ1n) is 11.0. The third-order valence-corrected chi connectivity index (χ3v) is 7.09. The topological polar surface area (TPSA) is 65.2 Å². The lowest BCUT2D eigenvalue weighted by Gasteiger charge is -2.25. The van der Waals surface area contributed by atoms with Gasteiger partial charge in [0.15, 0.2) is 0 Å². The molecule has 0 spiro atoms. The van der Waals surface area contributed by atoms with Crippen LogP contribution in [0, 0.1) is 0 Å². The lowest BCUT2D eigenvalue weighted by atomic mass is 9.91. The maximum Gasteiger partial charge on any atom is 0.264 e. The normalized spacial score (nSPS) is 16.9. The summed E-state index contributed by atoms with van der Waals surface area (Å²) >= 11 is 1.42. The molecular formula is C26H25N3O2S. The molecule has 0 radical (unpaired) electrons. The van der Waals surface area contributed by atoms with Crippen LogP contribution in [0.4, 0.5) is 0 Å². The highest BCUT2D eigenvalue weighted by atomic mass is 32.1. The Labute approximate surface area is 191 Å². The number of fused-ring (bicyclic) bond motifs is 1. The van der Waals surface area contributed by atoms with Crippen molar-refractivity contribution in [2.24, 2.45) is 0 Å². The summed E-state index contributed by atoms with van der Waals surface area (Å²) in [6.45, 7) is 1.10. The van der Waals surface area contributed by atoms with Crippen LogP contribution in [0.5, 0.6) is 0 Å². The molecule has 1 fully saturated rings. The number of H-pyrrole nitrogens is 1. The zero-order valence-corrected chi connectivity index (χ0v) is 18.5. The number of aromatic amines is 1. The Morgan fingerprint density at radius 1 is 1.06 bits per heavy atom. The fraction of sp³-hybridized carbons (Fsp3) is 0.231. The van der Waals surface area contributed by atoms with Crippen LogP contribution in [0.1, 0.15) is 39.6 Å². The van der Waals surface area contributed by atoms with E-state index in [9.17, 15) is 9.59 Å². The van der Waals surface area contributed by atoms with E-state index in [-0.39, 0.29) is 17.7 Å². The first-order valence-corrected chi connectivity index (χ1v) is 11.8. The van der Waals surface area contributed by atoms with Crippen molar-refractivity contribution in [1.29, 1.82) is 0 Å². The predicted molar refractivity (Wildman–Crippen MR) is 128 cm³/mol. The van der Waals surface area contributed by atoms with Crippen LogP contribution in [-0.2, 0) is 4.79 Å². The maximum absolute atomic E-state index is 13.2. The maximum atomic E-state index is 13.2. The van der Waals surface area contributed by atoms with Gasteiger partial charge in [-0.05, 0) is 41.5 Å². The molecule has 5 rings (SSSR count). The van der Waals surface area contributed by atoms with E-state index in [4.69, 9.17) is 0 Å². The van der Waals surface area contributed by atoms with E-state index in [1.807, 2.05) is 54.0 Å². The molecule has 0 saturated carbocycles. The number of hydrogen-bond donors (Lipinski definition) is 2. The Morgan fingerprint density at radius 3 is 2.69 bits per heavy atom. The summed E-state index contributed by atoms with van der Waals surface area (Å²) in [6, 6.07) is 21.7. The number of likely N-dealkylation sites (tertiary alicyclic amines) is 1.